The van der Waals surface area contributed by atoms with Gasteiger partial charge in [0.15, 0.2) is 5.75 Å². The van der Waals surface area contributed by atoms with Crippen molar-refractivity contribution in [1.82, 2.24) is 0 Å². The second-order valence-corrected chi connectivity index (χ2v) is 3.78. The number of hydrogen-bond donors (Lipinski definition) is 0. The van der Waals surface area contributed by atoms with Gasteiger partial charge in [-0.2, -0.15) is 0 Å². The van der Waals surface area contributed by atoms with Gasteiger partial charge in [-0.1, -0.05) is 12.1 Å². The molecule has 4 heteroatoms. The van der Waals surface area contributed by atoms with Gasteiger partial charge in [0.25, 0.3) is 0 Å². The zero-order valence-electron chi connectivity index (χ0n) is 9.32. The van der Waals surface area contributed by atoms with Crippen LogP contribution in [0.25, 0.3) is 0 Å². The molecule has 1 aromatic carbocycles. The summed E-state index contributed by atoms with van der Waals surface area (Å²) in [5.41, 5.74) is 1.79. The first-order chi connectivity index (χ1) is 7.59. The summed E-state index contributed by atoms with van der Waals surface area (Å²) in [7, 11) is 0. The molecule has 0 bridgehead atoms. The normalized spacial score (nSPS) is 13.5. The molecule has 1 heterocycles. The molecule has 0 unspecified atom stereocenters. The van der Waals surface area contributed by atoms with E-state index in [9.17, 15) is 9.59 Å². The molecule has 0 radical (unpaired) electrons. The minimum absolute atomic E-state index is 0.0293. The van der Waals surface area contributed by atoms with Crippen LogP contribution in [-0.2, 0) is 16.0 Å². The summed E-state index contributed by atoms with van der Waals surface area (Å²) < 4.78 is 5.10. The van der Waals surface area contributed by atoms with Gasteiger partial charge in [-0.15, -0.1) is 0 Å². The number of carbonyl (C=O) groups is 2. The van der Waals surface area contributed by atoms with E-state index >= 15 is 0 Å². The fraction of sp³-hybridized carbons (Fsp3) is 0.333. The van der Waals surface area contributed by atoms with E-state index in [1.165, 1.54) is 13.8 Å². The number of hydrogen-bond acceptors (Lipinski definition) is 3. The summed E-state index contributed by atoms with van der Waals surface area (Å²) in [6, 6.07) is 5.49. The van der Waals surface area contributed by atoms with Crippen molar-refractivity contribution in [3.8, 4) is 5.75 Å². The molecule has 2 rings (SSSR count). The number of fused-ring (bicyclic) bond motifs is 1. The SMILES string of the molecule is CC(=O)Oc1cccc2c1N(C(C)=O)CC2. The van der Waals surface area contributed by atoms with Gasteiger partial charge < -0.3 is 9.64 Å². The lowest BCUT2D eigenvalue weighted by Crippen LogP contribution is -2.26. The Kier molecular flexibility index (Phi) is 2.64. The first-order valence-corrected chi connectivity index (χ1v) is 5.18. The maximum Gasteiger partial charge on any atom is 0.308 e. The van der Waals surface area contributed by atoms with Gasteiger partial charge in [-0.05, 0) is 18.1 Å². The highest BCUT2D eigenvalue weighted by atomic mass is 16.5. The molecule has 1 aliphatic heterocycles. The molecule has 0 N–H and O–H groups in total. The Balaban J connectivity index is 2.45. The molecule has 0 saturated carbocycles. The number of anilines is 1. The maximum absolute atomic E-state index is 11.4. The highest BCUT2D eigenvalue weighted by molar-refractivity contribution is 5.96. The van der Waals surface area contributed by atoms with Gasteiger partial charge in [-0.3, -0.25) is 9.59 Å². The molecule has 1 aliphatic rings. The average Bonchev–Trinajstić information content (AvgIpc) is 2.61. The lowest BCUT2D eigenvalue weighted by Gasteiger charge is -2.17. The van der Waals surface area contributed by atoms with Crippen molar-refractivity contribution in [1.29, 1.82) is 0 Å². The van der Waals surface area contributed by atoms with E-state index in [0.717, 1.165) is 17.7 Å². The van der Waals surface area contributed by atoms with Crippen LogP contribution in [0.4, 0.5) is 5.69 Å². The van der Waals surface area contributed by atoms with E-state index in [1.807, 2.05) is 12.1 Å². The van der Waals surface area contributed by atoms with Crippen LogP contribution < -0.4 is 9.64 Å². The number of nitrogens with zero attached hydrogens (tertiary/aromatic N) is 1. The number of ether oxygens (including phenoxy) is 1. The standard InChI is InChI=1S/C12H13NO3/c1-8(14)13-7-6-10-4-3-5-11(12(10)13)16-9(2)15/h3-5H,6-7H2,1-2H3. The van der Waals surface area contributed by atoms with E-state index in [1.54, 1.807) is 11.0 Å². The third-order valence-corrected chi connectivity index (χ3v) is 2.59. The smallest absolute Gasteiger partial charge is 0.308 e. The zero-order valence-corrected chi connectivity index (χ0v) is 9.32. The molecular formula is C12H13NO3. The van der Waals surface area contributed by atoms with E-state index in [0.29, 0.717) is 12.3 Å². The van der Waals surface area contributed by atoms with Crippen LogP contribution in [0.15, 0.2) is 18.2 Å². The van der Waals surface area contributed by atoms with Crippen molar-refractivity contribution >= 4 is 17.6 Å². The van der Waals surface area contributed by atoms with E-state index in [4.69, 9.17) is 4.74 Å². The van der Waals surface area contributed by atoms with Crippen LogP contribution in [0.5, 0.6) is 5.75 Å². The number of benzene rings is 1. The number of rotatable bonds is 1. The Morgan fingerprint density at radius 1 is 1.31 bits per heavy atom. The second-order valence-electron chi connectivity index (χ2n) is 3.78. The Bertz CT molecular complexity index is 454. The molecule has 0 aliphatic carbocycles. The quantitative estimate of drug-likeness (QED) is 0.531. The van der Waals surface area contributed by atoms with Crippen molar-refractivity contribution in [2.75, 3.05) is 11.4 Å². The fourth-order valence-electron chi connectivity index (χ4n) is 1.97. The van der Waals surface area contributed by atoms with Gasteiger partial charge in [0.1, 0.15) is 0 Å². The third-order valence-electron chi connectivity index (χ3n) is 2.59. The van der Waals surface area contributed by atoms with Crippen molar-refractivity contribution < 1.29 is 14.3 Å². The monoisotopic (exact) mass is 219 g/mol. The second kappa shape index (κ2) is 3.96. The molecule has 1 aromatic rings. The minimum Gasteiger partial charge on any atom is -0.424 e. The van der Waals surface area contributed by atoms with Crippen molar-refractivity contribution in [2.45, 2.75) is 20.3 Å². The molecule has 0 saturated heterocycles. The molecule has 4 nitrogen and oxygen atoms in total. The molecular weight excluding hydrogens is 206 g/mol. The number of carbonyl (C=O) groups excluding carboxylic acids is 2. The number of para-hydroxylation sites is 1. The predicted molar refractivity (Wildman–Crippen MR) is 59.5 cm³/mol. The Hall–Kier alpha value is -1.84. The van der Waals surface area contributed by atoms with Gasteiger partial charge in [-0.25, -0.2) is 0 Å². The highest BCUT2D eigenvalue weighted by Gasteiger charge is 2.26. The van der Waals surface area contributed by atoms with E-state index < -0.39 is 0 Å². The van der Waals surface area contributed by atoms with Crippen LogP contribution in [0.2, 0.25) is 0 Å². The summed E-state index contributed by atoms with van der Waals surface area (Å²) >= 11 is 0. The first kappa shape index (κ1) is 10.7. The van der Waals surface area contributed by atoms with Crippen molar-refractivity contribution in [2.24, 2.45) is 0 Å². The molecule has 0 aromatic heterocycles. The Labute approximate surface area is 93.8 Å². The topological polar surface area (TPSA) is 46.6 Å². The largest absolute Gasteiger partial charge is 0.424 e. The number of esters is 1. The third kappa shape index (κ3) is 1.78. The molecule has 16 heavy (non-hydrogen) atoms. The van der Waals surface area contributed by atoms with Crippen molar-refractivity contribution in [3.05, 3.63) is 23.8 Å². The molecule has 1 amide bonds. The molecule has 84 valence electrons. The molecule has 0 atom stereocenters. The fourth-order valence-corrected chi connectivity index (χ4v) is 1.97. The Morgan fingerprint density at radius 3 is 2.69 bits per heavy atom. The summed E-state index contributed by atoms with van der Waals surface area (Å²) in [5.74, 6) is 0.0693. The van der Waals surface area contributed by atoms with Crippen LogP contribution >= 0.6 is 0 Å². The summed E-state index contributed by atoms with van der Waals surface area (Å²) in [6.45, 7) is 3.52. The van der Waals surface area contributed by atoms with Gasteiger partial charge in [0.2, 0.25) is 5.91 Å². The predicted octanol–water partition coefficient (Wildman–Crippen LogP) is 1.52. The van der Waals surface area contributed by atoms with Crippen LogP contribution in [0.3, 0.4) is 0 Å². The Morgan fingerprint density at radius 2 is 2.06 bits per heavy atom. The lowest BCUT2D eigenvalue weighted by molar-refractivity contribution is -0.132. The van der Waals surface area contributed by atoms with E-state index in [2.05, 4.69) is 0 Å². The molecule has 0 spiro atoms. The van der Waals surface area contributed by atoms with Gasteiger partial charge in [0, 0.05) is 20.4 Å². The van der Waals surface area contributed by atoms with Crippen molar-refractivity contribution in [3.63, 3.8) is 0 Å². The maximum atomic E-state index is 11.4. The van der Waals surface area contributed by atoms with Crippen LogP contribution in [-0.4, -0.2) is 18.4 Å². The summed E-state index contributed by atoms with van der Waals surface area (Å²) in [6.07, 6.45) is 0.810. The average molecular weight is 219 g/mol. The number of amides is 1. The van der Waals surface area contributed by atoms with Gasteiger partial charge in [0.05, 0.1) is 5.69 Å². The van der Waals surface area contributed by atoms with Crippen LogP contribution in [0, 0.1) is 0 Å². The van der Waals surface area contributed by atoms with Gasteiger partial charge >= 0.3 is 5.97 Å². The summed E-state index contributed by atoms with van der Waals surface area (Å²) in [5, 5.41) is 0. The van der Waals surface area contributed by atoms with Crippen LogP contribution in [0.1, 0.15) is 19.4 Å². The summed E-state index contributed by atoms with van der Waals surface area (Å²) in [4.78, 5) is 24.0. The first-order valence-electron chi connectivity index (χ1n) is 5.18. The minimum atomic E-state index is -0.371. The van der Waals surface area contributed by atoms with E-state index in [-0.39, 0.29) is 11.9 Å². The molecule has 0 fully saturated rings. The lowest BCUT2D eigenvalue weighted by atomic mass is 10.1. The highest BCUT2D eigenvalue weighted by Crippen LogP contribution is 2.37. The zero-order chi connectivity index (χ0) is 11.7.